The molecule has 0 bridgehead atoms. The number of rotatable bonds is 28. The summed E-state index contributed by atoms with van der Waals surface area (Å²) in [4.78, 5) is 61.5. The van der Waals surface area contributed by atoms with Crippen molar-refractivity contribution in [3.63, 3.8) is 0 Å². The van der Waals surface area contributed by atoms with Gasteiger partial charge in [0.2, 0.25) is 5.91 Å². The average molecular weight is 999 g/mol. The quantitative estimate of drug-likeness (QED) is 0.0314. The highest BCUT2D eigenvalue weighted by molar-refractivity contribution is 9.15. The van der Waals surface area contributed by atoms with Crippen molar-refractivity contribution in [1.29, 1.82) is 0 Å². The zero-order valence-corrected chi connectivity index (χ0v) is 42.6. The van der Waals surface area contributed by atoms with E-state index < -0.39 is 5.92 Å². The molecule has 0 radical (unpaired) electrons. The SMILES string of the molecule is CCCCCCCCC(CCCCCC)CN1C(=O)C2=CC(Br)c3c4ccc5c6c4c(c4ccc(c2c34)C1=O)C(Br)=CC6C(=O)N(CC(CCCCCC)CCCCCCCC)C5=O. The van der Waals surface area contributed by atoms with E-state index in [-0.39, 0.29) is 40.3 Å². The van der Waals surface area contributed by atoms with Crippen molar-refractivity contribution in [3.05, 3.63) is 69.8 Å². The van der Waals surface area contributed by atoms with E-state index in [2.05, 4.69) is 65.6 Å². The van der Waals surface area contributed by atoms with Crippen LogP contribution in [0.2, 0.25) is 0 Å². The number of carbonyl (C=O) groups is 4. The predicted molar refractivity (Wildman–Crippen MR) is 273 cm³/mol. The monoisotopic (exact) mass is 996 g/mol. The maximum absolute atomic E-state index is 14.7. The fraction of sp³-hybridized carbons (Fsp3) is 0.607. The molecule has 2 heterocycles. The van der Waals surface area contributed by atoms with Crippen LogP contribution in [0, 0.1) is 11.8 Å². The zero-order valence-electron chi connectivity index (χ0n) is 39.4. The Hall–Kier alpha value is -3.10. The Morgan fingerprint density at radius 2 is 0.953 bits per heavy atom. The van der Waals surface area contributed by atoms with Gasteiger partial charge in [0, 0.05) is 45.4 Å². The number of carbonyl (C=O) groups excluding carboxylic acids is 4. The molecule has 0 saturated heterocycles. The van der Waals surface area contributed by atoms with Crippen LogP contribution in [0.1, 0.15) is 236 Å². The number of benzene rings is 3. The number of hydrogen-bond donors (Lipinski definition) is 0. The molecule has 7 rings (SSSR count). The summed E-state index contributed by atoms with van der Waals surface area (Å²) in [5.41, 5.74) is 5.18. The van der Waals surface area contributed by atoms with Gasteiger partial charge < -0.3 is 0 Å². The van der Waals surface area contributed by atoms with Gasteiger partial charge in [-0.1, -0.05) is 212 Å². The molecule has 0 N–H and O–H groups in total. The summed E-state index contributed by atoms with van der Waals surface area (Å²) in [6.07, 6.45) is 32.3. The second-order valence-corrected chi connectivity index (χ2v) is 21.5. The average Bonchev–Trinajstić information content (AvgIpc) is 3.29. The minimum absolute atomic E-state index is 0.137. The molecule has 3 aromatic rings. The first-order valence-electron chi connectivity index (χ1n) is 25.7. The molecule has 346 valence electrons. The van der Waals surface area contributed by atoms with E-state index in [1.807, 2.05) is 30.4 Å². The van der Waals surface area contributed by atoms with Gasteiger partial charge in [-0.25, -0.2) is 0 Å². The van der Waals surface area contributed by atoms with Crippen LogP contribution < -0.4 is 0 Å². The van der Waals surface area contributed by atoms with Crippen LogP contribution in [0.15, 0.2) is 36.4 Å². The van der Waals surface area contributed by atoms with Crippen molar-refractivity contribution in [3.8, 4) is 0 Å². The molecule has 0 fully saturated rings. The number of unbranched alkanes of at least 4 members (excludes halogenated alkanes) is 16. The Morgan fingerprint density at radius 1 is 0.500 bits per heavy atom. The van der Waals surface area contributed by atoms with Crippen molar-refractivity contribution in [2.45, 2.75) is 193 Å². The normalized spacial score (nSPS) is 18.7. The van der Waals surface area contributed by atoms with E-state index in [9.17, 15) is 19.2 Å². The van der Waals surface area contributed by atoms with Gasteiger partial charge in [0.15, 0.2) is 0 Å². The second-order valence-electron chi connectivity index (χ2n) is 19.6. The lowest BCUT2D eigenvalue weighted by atomic mass is 9.73. The Balaban J connectivity index is 1.21. The van der Waals surface area contributed by atoms with Crippen molar-refractivity contribution in [2.24, 2.45) is 11.8 Å². The summed E-state index contributed by atoms with van der Waals surface area (Å²) in [5.74, 6) is -0.743. The Morgan fingerprint density at radius 3 is 1.52 bits per heavy atom. The van der Waals surface area contributed by atoms with Crippen molar-refractivity contribution < 1.29 is 19.2 Å². The van der Waals surface area contributed by atoms with Crippen molar-refractivity contribution >= 4 is 87.1 Å². The molecule has 2 aliphatic heterocycles. The van der Waals surface area contributed by atoms with E-state index in [0.717, 1.165) is 99.6 Å². The van der Waals surface area contributed by atoms with Gasteiger partial charge in [0.25, 0.3) is 17.7 Å². The number of nitrogens with zero attached hydrogens (tertiary/aromatic N) is 2. The molecule has 4 atom stereocenters. The van der Waals surface area contributed by atoms with Crippen LogP contribution in [0.25, 0.3) is 31.6 Å². The topological polar surface area (TPSA) is 74.8 Å². The maximum Gasteiger partial charge on any atom is 0.261 e. The Bertz CT molecular complexity index is 2260. The summed E-state index contributed by atoms with van der Waals surface area (Å²) in [5, 5.41) is 3.69. The van der Waals surface area contributed by atoms with Crippen molar-refractivity contribution in [2.75, 3.05) is 13.1 Å². The molecule has 4 unspecified atom stereocenters. The van der Waals surface area contributed by atoms with Crippen molar-refractivity contribution in [1.82, 2.24) is 9.80 Å². The summed E-state index contributed by atoms with van der Waals surface area (Å²) in [6.45, 7) is 9.88. The summed E-state index contributed by atoms with van der Waals surface area (Å²) in [6, 6.07) is 7.95. The maximum atomic E-state index is 14.7. The molecule has 8 heteroatoms. The van der Waals surface area contributed by atoms with Crippen LogP contribution in [0.4, 0.5) is 0 Å². The number of imide groups is 2. The molecule has 3 aromatic carbocycles. The molecule has 0 saturated carbocycles. The van der Waals surface area contributed by atoms with E-state index >= 15 is 0 Å². The van der Waals surface area contributed by atoms with Gasteiger partial charge >= 0.3 is 0 Å². The molecule has 64 heavy (non-hydrogen) atoms. The van der Waals surface area contributed by atoms with Crippen LogP contribution in [0.5, 0.6) is 0 Å². The Labute approximate surface area is 401 Å². The lowest BCUT2D eigenvalue weighted by Gasteiger charge is -2.38. The lowest BCUT2D eigenvalue weighted by molar-refractivity contribution is -0.130. The van der Waals surface area contributed by atoms with Gasteiger partial charge in [0.05, 0.1) is 10.7 Å². The van der Waals surface area contributed by atoms with Crippen LogP contribution >= 0.6 is 31.9 Å². The lowest BCUT2D eigenvalue weighted by Crippen LogP contribution is -2.47. The third kappa shape index (κ3) is 10.2. The summed E-state index contributed by atoms with van der Waals surface area (Å²) < 4.78 is 0.808. The standard InChI is InChI=1S/C56H74Br2N2O4/c1-5-9-13-17-19-23-27-37(25-21-15-11-7-3)35-59-53(61)41-31-29-39-50-46(58)34-44-48-42(32-30-40(52(48)50)49-45(57)33-43(55(59)63)47(41)51(39)49)54(62)60(56(44)64)36-38(26-22-16-12-8-4)28-24-20-18-14-10-6-2/h29-34,37-38,43,46H,5-28,35-36H2,1-4H3. The highest BCUT2D eigenvalue weighted by Crippen LogP contribution is 2.55. The zero-order chi connectivity index (χ0) is 45.3. The molecule has 4 amide bonds. The van der Waals surface area contributed by atoms with E-state index in [1.54, 1.807) is 9.80 Å². The second kappa shape index (κ2) is 23.1. The first kappa shape index (κ1) is 48.8. The first-order chi connectivity index (χ1) is 31.2. The van der Waals surface area contributed by atoms with E-state index in [0.29, 0.717) is 29.8 Å². The minimum Gasteiger partial charge on any atom is -0.277 e. The van der Waals surface area contributed by atoms with E-state index in [1.165, 1.54) is 103 Å². The number of amides is 4. The molecule has 6 nitrogen and oxygen atoms in total. The van der Waals surface area contributed by atoms with Gasteiger partial charge in [-0.2, -0.15) is 0 Å². The van der Waals surface area contributed by atoms with E-state index in [4.69, 9.17) is 0 Å². The van der Waals surface area contributed by atoms with Gasteiger partial charge in [-0.15, -0.1) is 0 Å². The minimum atomic E-state index is -0.582. The van der Waals surface area contributed by atoms with Crippen LogP contribution in [0.3, 0.4) is 0 Å². The first-order valence-corrected chi connectivity index (χ1v) is 27.4. The summed E-state index contributed by atoms with van der Waals surface area (Å²) in [7, 11) is 0. The number of alkyl halides is 1. The molecular weight excluding hydrogens is 924 g/mol. The fourth-order valence-corrected chi connectivity index (χ4v) is 12.8. The van der Waals surface area contributed by atoms with Gasteiger partial charge in [-0.05, 0) is 82.3 Å². The van der Waals surface area contributed by atoms with Gasteiger partial charge in [-0.3, -0.25) is 29.0 Å². The predicted octanol–water partition coefficient (Wildman–Crippen LogP) is 16.3. The smallest absolute Gasteiger partial charge is 0.261 e. The number of hydrogen-bond acceptors (Lipinski definition) is 4. The molecule has 4 aliphatic rings. The van der Waals surface area contributed by atoms with Gasteiger partial charge in [0.1, 0.15) is 0 Å². The highest BCUT2D eigenvalue weighted by Gasteiger charge is 2.45. The summed E-state index contributed by atoms with van der Waals surface area (Å²) >= 11 is 7.98. The number of halogens is 2. The number of fused-ring (bicyclic) bond motifs is 2. The van der Waals surface area contributed by atoms with Crippen LogP contribution in [-0.4, -0.2) is 46.5 Å². The highest BCUT2D eigenvalue weighted by atomic mass is 79.9. The van der Waals surface area contributed by atoms with Crippen LogP contribution in [-0.2, 0) is 9.59 Å². The Kier molecular flexibility index (Phi) is 17.6. The number of allylic oxidation sites excluding steroid dienone is 1. The third-order valence-electron chi connectivity index (χ3n) is 15.0. The fourth-order valence-electron chi connectivity index (χ4n) is 11.4. The molecule has 2 aliphatic carbocycles. The largest absolute Gasteiger partial charge is 0.277 e. The third-order valence-corrected chi connectivity index (χ3v) is 16.3. The molecule has 0 spiro atoms. The molecular formula is C56H74Br2N2O4. The molecule has 0 aromatic heterocycles.